The van der Waals surface area contributed by atoms with Gasteiger partial charge in [0.25, 0.3) is 0 Å². The molecular formula is C28H50O3. The first kappa shape index (κ1) is 24.0. The van der Waals surface area contributed by atoms with Crippen molar-refractivity contribution in [1.29, 1.82) is 0 Å². The van der Waals surface area contributed by atoms with Crippen LogP contribution in [0.3, 0.4) is 0 Å². The maximum atomic E-state index is 10.7. The lowest BCUT2D eigenvalue weighted by atomic mass is 9.43. The highest BCUT2D eigenvalue weighted by atomic mass is 16.3. The van der Waals surface area contributed by atoms with Crippen molar-refractivity contribution in [2.45, 2.75) is 123 Å². The predicted octanol–water partition coefficient (Wildman–Crippen LogP) is 5.95. The summed E-state index contributed by atoms with van der Waals surface area (Å²) in [5.74, 6) is 4.76. The molecule has 4 fully saturated rings. The zero-order valence-electron chi connectivity index (χ0n) is 21.0. The van der Waals surface area contributed by atoms with E-state index in [2.05, 4.69) is 27.7 Å². The fraction of sp³-hybridized carbons (Fsp3) is 1.00. The molecule has 10 atom stereocenters. The topological polar surface area (TPSA) is 60.7 Å². The second kappa shape index (κ2) is 8.27. The maximum absolute atomic E-state index is 10.7. The lowest BCUT2D eigenvalue weighted by Crippen LogP contribution is -2.55. The Balaban J connectivity index is 1.45. The molecule has 0 radical (unpaired) electrons. The minimum atomic E-state index is -0.727. The fourth-order valence-corrected chi connectivity index (χ4v) is 9.51. The van der Waals surface area contributed by atoms with Gasteiger partial charge in [0.2, 0.25) is 0 Å². The molecule has 3 nitrogen and oxygen atoms in total. The minimum absolute atomic E-state index is 0.0723. The van der Waals surface area contributed by atoms with Gasteiger partial charge in [-0.1, -0.05) is 20.8 Å². The zero-order valence-corrected chi connectivity index (χ0v) is 21.0. The van der Waals surface area contributed by atoms with Crippen molar-refractivity contribution in [3.05, 3.63) is 0 Å². The standard InChI is InChI=1S/C28H50O3/c1-19(10-12-25(2,30)16-17-29)22-8-9-23-21-7-6-20-18-26(3,31)14-15-27(20,4)24(21)11-13-28(22,23)5/h19-24,29-31H,6-18H2,1-5H3/t19-,20+,21+,22-,23+,24+,25-,26+,27+,28-/m1/s1. The van der Waals surface area contributed by atoms with Crippen molar-refractivity contribution in [3.63, 3.8) is 0 Å². The van der Waals surface area contributed by atoms with Crippen molar-refractivity contribution in [1.82, 2.24) is 0 Å². The van der Waals surface area contributed by atoms with E-state index in [1.807, 2.05) is 6.92 Å². The normalized spacial score (nSPS) is 50.1. The van der Waals surface area contributed by atoms with Crippen molar-refractivity contribution in [2.24, 2.45) is 46.3 Å². The summed E-state index contributed by atoms with van der Waals surface area (Å²) in [5, 5.41) is 30.5. The minimum Gasteiger partial charge on any atom is -0.396 e. The van der Waals surface area contributed by atoms with Gasteiger partial charge in [0.15, 0.2) is 0 Å². The van der Waals surface area contributed by atoms with E-state index in [4.69, 9.17) is 0 Å². The van der Waals surface area contributed by atoms with Crippen molar-refractivity contribution in [2.75, 3.05) is 6.61 Å². The highest BCUT2D eigenvalue weighted by Gasteiger charge is 2.61. The molecule has 180 valence electrons. The van der Waals surface area contributed by atoms with E-state index >= 15 is 0 Å². The molecule has 0 spiro atoms. The van der Waals surface area contributed by atoms with Crippen LogP contribution in [0.25, 0.3) is 0 Å². The average molecular weight is 435 g/mol. The van der Waals surface area contributed by atoms with Gasteiger partial charge >= 0.3 is 0 Å². The summed E-state index contributed by atoms with van der Waals surface area (Å²) in [6.07, 6.45) is 13.8. The Morgan fingerprint density at radius 3 is 2.32 bits per heavy atom. The number of aliphatic hydroxyl groups excluding tert-OH is 1. The second-order valence-electron chi connectivity index (χ2n) is 13.6. The first-order chi connectivity index (χ1) is 14.4. The van der Waals surface area contributed by atoms with Crippen LogP contribution >= 0.6 is 0 Å². The van der Waals surface area contributed by atoms with Crippen LogP contribution in [-0.2, 0) is 0 Å². The van der Waals surface area contributed by atoms with Crippen LogP contribution in [-0.4, -0.2) is 33.1 Å². The van der Waals surface area contributed by atoms with Crippen LogP contribution in [0.15, 0.2) is 0 Å². The Morgan fingerprint density at radius 1 is 0.903 bits per heavy atom. The van der Waals surface area contributed by atoms with Crippen molar-refractivity contribution < 1.29 is 15.3 Å². The molecule has 0 aromatic rings. The van der Waals surface area contributed by atoms with E-state index in [0.717, 1.165) is 49.4 Å². The predicted molar refractivity (Wildman–Crippen MR) is 127 cm³/mol. The Bertz CT molecular complexity index is 642. The molecule has 0 amide bonds. The van der Waals surface area contributed by atoms with Gasteiger partial charge < -0.3 is 15.3 Å². The summed E-state index contributed by atoms with van der Waals surface area (Å²) >= 11 is 0. The lowest BCUT2D eigenvalue weighted by Gasteiger charge is -2.62. The lowest BCUT2D eigenvalue weighted by molar-refractivity contribution is -0.148. The number of hydrogen-bond acceptors (Lipinski definition) is 3. The summed E-state index contributed by atoms with van der Waals surface area (Å²) in [5.41, 5.74) is -0.258. The van der Waals surface area contributed by atoms with Crippen LogP contribution in [0.5, 0.6) is 0 Å². The van der Waals surface area contributed by atoms with E-state index in [1.54, 1.807) is 0 Å². The Labute approximate surface area is 191 Å². The second-order valence-corrected chi connectivity index (χ2v) is 13.6. The van der Waals surface area contributed by atoms with Gasteiger partial charge in [-0.05, 0) is 137 Å². The Hall–Kier alpha value is -0.120. The van der Waals surface area contributed by atoms with Crippen LogP contribution in [0.4, 0.5) is 0 Å². The number of hydrogen-bond donors (Lipinski definition) is 3. The summed E-state index contributed by atoms with van der Waals surface area (Å²) in [6.45, 7) is 11.7. The molecule has 0 aromatic carbocycles. The third-order valence-corrected chi connectivity index (χ3v) is 11.5. The molecule has 0 saturated heterocycles. The molecule has 0 bridgehead atoms. The maximum Gasteiger partial charge on any atom is 0.0641 e. The summed E-state index contributed by atoms with van der Waals surface area (Å²) in [6, 6.07) is 0. The quantitative estimate of drug-likeness (QED) is 0.484. The van der Waals surface area contributed by atoms with E-state index < -0.39 is 11.2 Å². The molecule has 0 aromatic heterocycles. The van der Waals surface area contributed by atoms with Crippen molar-refractivity contribution in [3.8, 4) is 0 Å². The number of rotatable bonds is 6. The largest absolute Gasteiger partial charge is 0.396 e. The molecule has 0 heterocycles. The number of aliphatic hydroxyl groups is 3. The molecule has 3 heteroatoms. The smallest absolute Gasteiger partial charge is 0.0641 e. The molecule has 0 aliphatic heterocycles. The van der Waals surface area contributed by atoms with Gasteiger partial charge in [-0.25, -0.2) is 0 Å². The third kappa shape index (κ3) is 4.26. The number of fused-ring (bicyclic) bond motifs is 5. The first-order valence-electron chi connectivity index (χ1n) is 13.5. The summed E-state index contributed by atoms with van der Waals surface area (Å²) in [4.78, 5) is 0. The van der Waals surface area contributed by atoms with Gasteiger partial charge in [0.05, 0.1) is 11.2 Å². The highest BCUT2D eigenvalue weighted by Crippen LogP contribution is 2.68. The summed E-state index contributed by atoms with van der Waals surface area (Å²) < 4.78 is 0. The van der Waals surface area contributed by atoms with Crippen LogP contribution in [0, 0.1) is 46.3 Å². The Kier molecular flexibility index (Phi) is 6.41. The van der Waals surface area contributed by atoms with E-state index in [-0.39, 0.29) is 6.61 Å². The zero-order chi connectivity index (χ0) is 22.7. The highest BCUT2D eigenvalue weighted by molar-refractivity contribution is 5.10. The van der Waals surface area contributed by atoms with Crippen LogP contribution in [0.2, 0.25) is 0 Å². The fourth-order valence-electron chi connectivity index (χ4n) is 9.51. The third-order valence-electron chi connectivity index (χ3n) is 11.5. The average Bonchev–Trinajstić information content (AvgIpc) is 3.04. The van der Waals surface area contributed by atoms with E-state index in [1.165, 1.54) is 44.9 Å². The molecular weight excluding hydrogens is 384 g/mol. The van der Waals surface area contributed by atoms with Gasteiger partial charge in [-0.15, -0.1) is 0 Å². The molecule has 4 rings (SSSR count). The molecule has 4 saturated carbocycles. The van der Waals surface area contributed by atoms with Gasteiger partial charge in [-0.2, -0.15) is 0 Å². The molecule has 4 aliphatic carbocycles. The monoisotopic (exact) mass is 434 g/mol. The van der Waals surface area contributed by atoms with Crippen molar-refractivity contribution >= 4 is 0 Å². The van der Waals surface area contributed by atoms with Gasteiger partial charge in [0.1, 0.15) is 0 Å². The Morgan fingerprint density at radius 2 is 1.61 bits per heavy atom. The molecule has 31 heavy (non-hydrogen) atoms. The molecule has 4 aliphatic rings. The van der Waals surface area contributed by atoms with E-state index in [9.17, 15) is 15.3 Å². The van der Waals surface area contributed by atoms with Crippen LogP contribution in [0.1, 0.15) is 112 Å². The van der Waals surface area contributed by atoms with Gasteiger partial charge in [0, 0.05) is 6.61 Å². The molecule has 3 N–H and O–H groups in total. The van der Waals surface area contributed by atoms with E-state index in [0.29, 0.717) is 29.1 Å². The molecule has 0 unspecified atom stereocenters. The first-order valence-corrected chi connectivity index (χ1v) is 13.5. The SMILES string of the molecule is C[C@H](CC[C@@](C)(O)CCO)[C@H]1CC[C@H]2[C@@H]3CC[C@H]4C[C@@](C)(O)CC[C@]4(C)[C@H]3CC[C@]12C. The van der Waals surface area contributed by atoms with Crippen LogP contribution < -0.4 is 0 Å². The van der Waals surface area contributed by atoms with Gasteiger partial charge in [-0.3, -0.25) is 0 Å². The summed E-state index contributed by atoms with van der Waals surface area (Å²) in [7, 11) is 0.